The number of benzene rings is 2. The van der Waals surface area contributed by atoms with E-state index in [1.807, 2.05) is 0 Å². The van der Waals surface area contributed by atoms with Crippen molar-refractivity contribution < 1.29 is 18.9 Å². The van der Waals surface area contributed by atoms with E-state index in [2.05, 4.69) is 10.1 Å². The molecule has 0 aliphatic carbocycles. The van der Waals surface area contributed by atoms with Crippen molar-refractivity contribution in [1.29, 1.82) is 0 Å². The highest BCUT2D eigenvalue weighted by molar-refractivity contribution is 5.65. The molecule has 0 atom stereocenters. The Morgan fingerprint density at radius 3 is 2.38 bits per heavy atom. The third kappa shape index (κ3) is 2.89. The van der Waals surface area contributed by atoms with Crippen molar-refractivity contribution in [2.24, 2.45) is 0 Å². The van der Waals surface area contributed by atoms with Gasteiger partial charge in [-0.3, -0.25) is 10.1 Å². The summed E-state index contributed by atoms with van der Waals surface area (Å²) in [6.45, 7) is 0. The lowest BCUT2D eigenvalue weighted by Gasteiger charge is -2.02. The Hall–Kier alpha value is -3.42. The highest BCUT2D eigenvalue weighted by Gasteiger charge is 2.19. The van der Waals surface area contributed by atoms with Gasteiger partial charge in [-0.15, -0.1) is 0 Å². The van der Waals surface area contributed by atoms with E-state index in [4.69, 9.17) is 14.0 Å². The molecule has 122 valence electrons. The molecule has 1 heterocycles. The van der Waals surface area contributed by atoms with Crippen LogP contribution in [0, 0.1) is 10.1 Å². The highest BCUT2D eigenvalue weighted by atomic mass is 16.6. The van der Waals surface area contributed by atoms with Crippen molar-refractivity contribution >= 4 is 5.69 Å². The molecule has 8 heteroatoms. The summed E-state index contributed by atoms with van der Waals surface area (Å²) in [4.78, 5) is 14.9. The number of hydrogen-bond acceptors (Lipinski definition) is 7. The molecule has 3 rings (SSSR count). The van der Waals surface area contributed by atoms with Gasteiger partial charge in [0.1, 0.15) is 5.75 Å². The molecule has 24 heavy (non-hydrogen) atoms. The molecule has 0 aliphatic heterocycles. The number of methoxy groups -OCH3 is 2. The molecule has 0 aliphatic rings. The van der Waals surface area contributed by atoms with Crippen LogP contribution in [0.1, 0.15) is 0 Å². The lowest BCUT2D eigenvalue weighted by Crippen LogP contribution is -1.94. The first-order chi connectivity index (χ1) is 11.6. The number of nitro benzene ring substituents is 1. The first kappa shape index (κ1) is 15.5. The second kappa shape index (κ2) is 6.37. The number of rotatable bonds is 5. The lowest BCUT2D eigenvalue weighted by atomic mass is 10.2. The largest absolute Gasteiger partial charge is 0.497 e. The van der Waals surface area contributed by atoms with Crippen LogP contribution in [0.2, 0.25) is 0 Å². The molecule has 0 spiro atoms. The number of nitrogens with zero attached hydrogens (tertiary/aromatic N) is 3. The third-order valence-electron chi connectivity index (χ3n) is 3.40. The maximum Gasteiger partial charge on any atom is 0.311 e. The SMILES string of the molecule is COc1ccc(-c2noc(-c3ccc(OC)c([N+](=O)[O-])c3)n2)cc1. The molecule has 3 aromatic rings. The average Bonchev–Trinajstić information content (AvgIpc) is 3.11. The second-order valence-corrected chi connectivity index (χ2v) is 4.80. The molecule has 0 N–H and O–H groups in total. The number of nitro groups is 1. The van der Waals surface area contributed by atoms with Gasteiger partial charge in [0.05, 0.1) is 19.1 Å². The minimum atomic E-state index is -0.525. The summed E-state index contributed by atoms with van der Waals surface area (Å²) >= 11 is 0. The van der Waals surface area contributed by atoms with Crippen LogP contribution in [-0.2, 0) is 0 Å². The minimum Gasteiger partial charge on any atom is -0.497 e. The molecule has 0 radical (unpaired) electrons. The Morgan fingerprint density at radius 1 is 1.04 bits per heavy atom. The third-order valence-corrected chi connectivity index (χ3v) is 3.40. The van der Waals surface area contributed by atoms with Crippen LogP contribution >= 0.6 is 0 Å². The molecule has 1 aromatic heterocycles. The zero-order chi connectivity index (χ0) is 17.1. The summed E-state index contributed by atoms with van der Waals surface area (Å²) in [5, 5.41) is 15.0. The van der Waals surface area contributed by atoms with Crippen molar-refractivity contribution in [1.82, 2.24) is 10.1 Å². The van der Waals surface area contributed by atoms with E-state index in [0.717, 1.165) is 5.56 Å². The number of aromatic nitrogens is 2. The Balaban J connectivity index is 1.95. The van der Waals surface area contributed by atoms with Crippen LogP contribution in [0.4, 0.5) is 5.69 Å². The van der Waals surface area contributed by atoms with Crippen LogP contribution in [0.5, 0.6) is 11.5 Å². The fourth-order valence-electron chi connectivity index (χ4n) is 2.16. The summed E-state index contributed by atoms with van der Waals surface area (Å²) < 4.78 is 15.3. The van der Waals surface area contributed by atoms with Crippen LogP contribution in [0.25, 0.3) is 22.8 Å². The highest BCUT2D eigenvalue weighted by Crippen LogP contribution is 2.32. The lowest BCUT2D eigenvalue weighted by molar-refractivity contribution is -0.385. The van der Waals surface area contributed by atoms with E-state index in [9.17, 15) is 10.1 Å². The Morgan fingerprint density at radius 2 is 1.75 bits per heavy atom. The second-order valence-electron chi connectivity index (χ2n) is 4.80. The van der Waals surface area contributed by atoms with E-state index in [0.29, 0.717) is 17.1 Å². The van der Waals surface area contributed by atoms with E-state index in [-0.39, 0.29) is 17.3 Å². The van der Waals surface area contributed by atoms with Gasteiger partial charge in [-0.1, -0.05) is 5.16 Å². The molecule has 2 aromatic carbocycles. The van der Waals surface area contributed by atoms with Gasteiger partial charge in [-0.25, -0.2) is 0 Å². The summed E-state index contributed by atoms with van der Waals surface area (Å²) in [6.07, 6.45) is 0. The molecule has 0 bridgehead atoms. The van der Waals surface area contributed by atoms with Crippen LogP contribution in [-0.4, -0.2) is 29.3 Å². The number of ether oxygens (including phenoxy) is 2. The average molecular weight is 327 g/mol. The molecule has 0 fully saturated rings. The number of hydrogen-bond donors (Lipinski definition) is 0. The van der Waals surface area contributed by atoms with Gasteiger partial charge in [0.2, 0.25) is 5.82 Å². The first-order valence-electron chi connectivity index (χ1n) is 6.93. The van der Waals surface area contributed by atoms with Crippen molar-refractivity contribution in [2.75, 3.05) is 14.2 Å². The normalized spacial score (nSPS) is 10.4. The van der Waals surface area contributed by atoms with Crippen molar-refractivity contribution in [3.8, 4) is 34.3 Å². The fourth-order valence-corrected chi connectivity index (χ4v) is 2.16. The zero-order valence-corrected chi connectivity index (χ0v) is 12.9. The van der Waals surface area contributed by atoms with Crippen LogP contribution < -0.4 is 9.47 Å². The minimum absolute atomic E-state index is 0.165. The maximum atomic E-state index is 11.1. The monoisotopic (exact) mass is 327 g/mol. The summed E-state index contributed by atoms with van der Waals surface area (Å²) in [7, 11) is 2.95. The quantitative estimate of drug-likeness (QED) is 0.523. The van der Waals surface area contributed by atoms with Gasteiger partial charge in [0.25, 0.3) is 5.89 Å². The van der Waals surface area contributed by atoms with Gasteiger partial charge >= 0.3 is 5.69 Å². The van der Waals surface area contributed by atoms with Gasteiger partial charge in [0.15, 0.2) is 5.75 Å². The Kier molecular flexibility index (Phi) is 4.11. The zero-order valence-electron chi connectivity index (χ0n) is 12.9. The first-order valence-corrected chi connectivity index (χ1v) is 6.93. The molecular weight excluding hydrogens is 314 g/mol. The molecule has 0 saturated heterocycles. The standard InChI is InChI=1S/C16H13N3O5/c1-22-12-6-3-10(4-7-12)15-17-16(24-18-15)11-5-8-14(23-2)13(9-11)19(20)21/h3-9H,1-2H3. The fraction of sp³-hybridized carbons (Fsp3) is 0.125. The van der Waals surface area contributed by atoms with Crippen LogP contribution in [0.15, 0.2) is 47.0 Å². The van der Waals surface area contributed by atoms with Gasteiger partial charge in [-0.2, -0.15) is 4.98 Å². The van der Waals surface area contributed by atoms with Crippen molar-refractivity contribution in [2.45, 2.75) is 0 Å². The maximum absolute atomic E-state index is 11.1. The Bertz CT molecular complexity index is 874. The topological polar surface area (TPSA) is 101 Å². The van der Waals surface area contributed by atoms with E-state index in [1.165, 1.54) is 19.2 Å². The molecular formula is C16H13N3O5. The van der Waals surface area contributed by atoms with E-state index < -0.39 is 4.92 Å². The molecule has 0 amide bonds. The van der Waals surface area contributed by atoms with Gasteiger partial charge < -0.3 is 14.0 Å². The predicted octanol–water partition coefficient (Wildman–Crippen LogP) is 3.33. The van der Waals surface area contributed by atoms with Gasteiger partial charge in [-0.05, 0) is 36.4 Å². The van der Waals surface area contributed by atoms with E-state index in [1.54, 1.807) is 37.4 Å². The van der Waals surface area contributed by atoms with Crippen molar-refractivity contribution in [3.63, 3.8) is 0 Å². The summed E-state index contributed by atoms with van der Waals surface area (Å²) in [5.74, 6) is 1.45. The molecule has 8 nitrogen and oxygen atoms in total. The predicted molar refractivity (Wildman–Crippen MR) is 84.9 cm³/mol. The summed E-state index contributed by atoms with van der Waals surface area (Å²) in [6, 6.07) is 11.6. The smallest absolute Gasteiger partial charge is 0.311 e. The Labute approximate surface area is 136 Å². The molecule has 0 saturated carbocycles. The van der Waals surface area contributed by atoms with Crippen molar-refractivity contribution in [3.05, 3.63) is 52.6 Å². The van der Waals surface area contributed by atoms with Gasteiger partial charge in [0, 0.05) is 17.2 Å². The van der Waals surface area contributed by atoms with E-state index >= 15 is 0 Å². The van der Waals surface area contributed by atoms with Crippen LogP contribution in [0.3, 0.4) is 0 Å². The molecule has 0 unspecified atom stereocenters. The summed E-state index contributed by atoms with van der Waals surface area (Å²) in [5.41, 5.74) is 1.02.